The van der Waals surface area contributed by atoms with E-state index >= 15 is 0 Å². The lowest BCUT2D eigenvalue weighted by Gasteiger charge is -2.26. The summed E-state index contributed by atoms with van der Waals surface area (Å²) < 4.78 is 7.70. The molecule has 5 heteroatoms. The predicted molar refractivity (Wildman–Crippen MR) is 300 cm³/mol. The zero-order valence-corrected chi connectivity index (χ0v) is 38.3. The average Bonchev–Trinajstić information content (AvgIpc) is 4.27. The summed E-state index contributed by atoms with van der Waals surface area (Å²) in [4.78, 5) is 4.84. The van der Waals surface area contributed by atoms with Crippen LogP contribution in [0.2, 0.25) is 0 Å². The minimum atomic E-state index is 1.13. The van der Waals surface area contributed by atoms with Crippen molar-refractivity contribution in [3.8, 4) is 0 Å². The molecule has 5 nitrogen and oxygen atoms in total. The molecule has 0 aliphatic carbocycles. The Balaban J connectivity index is 1.01. The van der Waals surface area contributed by atoms with Gasteiger partial charge < -0.3 is 23.0 Å². The first-order chi connectivity index (χ1) is 35.3. The number of anilines is 6. The molecule has 0 amide bonds. The van der Waals surface area contributed by atoms with E-state index in [0.717, 1.165) is 22.7 Å². The lowest BCUT2D eigenvalue weighted by Crippen LogP contribution is -2.10. The normalized spacial score (nSPS) is 12.5. The summed E-state index contributed by atoms with van der Waals surface area (Å²) >= 11 is 0. The monoisotopic (exact) mass is 901 g/mol. The molecule has 71 heavy (non-hydrogen) atoms. The second-order valence-corrected chi connectivity index (χ2v) is 19.2. The maximum atomic E-state index is 2.58. The zero-order chi connectivity index (χ0) is 46.1. The first kappa shape index (κ1) is 37.4. The van der Waals surface area contributed by atoms with E-state index in [1.54, 1.807) is 0 Å². The van der Waals surface area contributed by atoms with Crippen LogP contribution in [0.5, 0.6) is 0 Å². The number of benzene rings is 11. The van der Waals surface area contributed by atoms with E-state index in [0.29, 0.717) is 0 Å². The second-order valence-electron chi connectivity index (χ2n) is 19.2. The van der Waals surface area contributed by atoms with Crippen molar-refractivity contribution in [2.75, 3.05) is 9.80 Å². The first-order valence-corrected chi connectivity index (χ1v) is 24.5. The standard InChI is InChI=1S/C66H39N5/c1-5-19-40(20-6-1)67(41-21-7-2-8-22-41)55-35-33-44-49-37-58-50(38-57(49)69-52-30-16-13-27-45(52)61(55)64(44)69)51-39-59-60(63-47-29-15-18-32-54(47)70(58)66(51)63)48-34-36-56(62-46-28-14-17-31-53(46)71(59)65(48)62)68(42-23-9-3-10-24-42)43-25-11-4-12-26-43/h1-39H. The predicted octanol–water partition coefficient (Wildman–Crippen LogP) is 18.1. The fourth-order valence-corrected chi connectivity index (χ4v) is 13.0. The van der Waals surface area contributed by atoms with Crippen LogP contribution in [0.25, 0.3) is 114 Å². The fourth-order valence-electron chi connectivity index (χ4n) is 13.0. The molecule has 6 heterocycles. The summed E-state index contributed by atoms with van der Waals surface area (Å²) in [6.45, 7) is 0. The largest absolute Gasteiger partial charge is 0.310 e. The van der Waals surface area contributed by atoms with E-state index in [-0.39, 0.29) is 0 Å². The number of para-hydroxylation sites is 7. The lowest BCUT2D eigenvalue weighted by atomic mass is 9.99. The van der Waals surface area contributed by atoms with Crippen molar-refractivity contribution >= 4 is 148 Å². The van der Waals surface area contributed by atoms with Gasteiger partial charge in [0.05, 0.1) is 61.0 Å². The van der Waals surface area contributed by atoms with Crippen LogP contribution in [0.4, 0.5) is 34.1 Å². The molecule has 328 valence electrons. The highest BCUT2D eigenvalue weighted by atomic mass is 15.2. The van der Waals surface area contributed by atoms with Crippen LogP contribution in [0.3, 0.4) is 0 Å². The SMILES string of the molecule is c1ccc(N(c2ccccc2)c2ccc3c4cc5c(cc4n4c6ccccc6c2c34)c2cc3c(c4ccc(N(c6ccccc6)c6ccccc6)c6c7ccccc7n3c46)c3c4ccccc4n5c23)cc1. The zero-order valence-electron chi connectivity index (χ0n) is 38.3. The Bertz CT molecular complexity index is 4890. The maximum absolute atomic E-state index is 2.58. The third kappa shape index (κ3) is 4.70. The van der Waals surface area contributed by atoms with Gasteiger partial charge in [0.1, 0.15) is 0 Å². The molecule has 0 saturated carbocycles. The van der Waals surface area contributed by atoms with Gasteiger partial charge in [-0.15, -0.1) is 0 Å². The summed E-state index contributed by atoms with van der Waals surface area (Å²) in [6, 6.07) is 87.2. The van der Waals surface area contributed by atoms with Crippen LogP contribution in [-0.4, -0.2) is 13.2 Å². The Labute approximate surface area is 406 Å². The van der Waals surface area contributed by atoms with Crippen LogP contribution in [-0.2, 0) is 0 Å². The maximum Gasteiger partial charge on any atom is 0.0641 e. The third-order valence-corrected chi connectivity index (χ3v) is 15.7. The topological polar surface area (TPSA) is 19.7 Å². The van der Waals surface area contributed by atoms with Gasteiger partial charge in [0, 0.05) is 87.4 Å². The van der Waals surface area contributed by atoms with Crippen molar-refractivity contribution in [1.29, 1.82) is 0 Å². The van der Waals surface area contributed by atoms with Crippen LogP contribution < -0.4 is 9.80 Å². The highest BCUT2D eigenvalue weighted by Crippen LogP contribution is 2.53. The van der Waals surface area contributed by atoms with Crippen molar-refractivity contribution in [3.63, 3.8) is 0 Å². The van der Waals surface area contributed by atoms with Gasteiger partial charge >= 0.3 is 0 Å². The number of fused-ring (bicyclic) bond motifs is 19. The smallest absolute Gasteiger partial charge is 0.0641 e. The summed E-state index contributed by atoms with van der Waals surface area (Å²) in [7, 11) is 0. The van der Waals surface area contributed by atoms with Gasteiger partial charge in [-0.05, 0) is 97.1 Å². The molecule has 0 fully saturated rings. The molecule has 0 radical (unpaired) electrons. The van der Waals surface area contributed by atoms with E-state index in [1.807, 2.05) is 0 Å². The molecule has 0 aliphatic rings. The number of aromatic nitrogens is 3. The minimum Gasteiger partial charge on any atom is -0.310 e. The molecule has 0 bridgehead atoms. The molecule has 0 aliphatic heterocycles. The molecule has 6 aromatic heterocycles. The Morgan fingerprint density at radius 3 is 1.01 bits per heavy atom. The summed E-state index contributed by atoms with van der Waals surface area (Å²) in [5.74, 6) is 0. The van der Waals surface area contributed by atoms with Gasteiger partial charge in [0.2, 0.25) is 0 Å². The molecule has 0 atom stereocenters. The molecule has 0 N–H and O–H groups in total. The van der Waals surface area contributed by atoms with E-state index in [1.165, 1.54) is 126 Å². The number of nitrogens with zero attached hydrogens (tertiary/aromatic N) is 5. The highest BCUT2D eigenvalue weighted by molar-refractivity contribution is 6.40. The van der Waals surface area contributed by atoms with E-state index in [2.05, 4.69) is 260 Å². The van der Waals surface area contributed by atoms with Gasteiger partial charge in [0.25, 0.3) is 0 Å². The van der Waals surface area contributed by atoms with Gasteiger partial charge in [0.15, 0.2) is 0 Å². The molecule has 0 saturated heterocycles. The van der Waals surface area contributed by atoms with Crippen LogP contribution in [0, 0.1) is 0 Å². The number of hydrogen-bond donors (Lipinski definition) is 0. The molecule has 0 unspecified atom stereocenters. The van der Waals surface area contributed by atoms with E-state index in [9.17, 15) is 0 Å². The van der Waals surface area contributed by atoms with Crippen molar-refractivity contribution in [2.24, 2.45) is 0 Å². The number of rotatable bonds is 6. The molecular weight excluding hydrogens is 863 g/mol. The van der Waals surface area contributed by atoms with E-state index in [4.69, 9.17) is 0 Å². The molecule has 17 rings (SSSR count). The van der Waals surface area contributed by atoms with Crippen LogP contribution in [0.15, 0.2) is 237 Å². The van der Waals surface area contributed by atoms with E-state index < -0.39 is 0 Å². The quantitative estimate of drug-likeness (QED) is 0.166. The summed E-state index contributed by atoms with van der Waals surface area (Å²) in [5.41, 5.74) is 18.0. The third-order valence-electron chi connectivity index (χ3n) is 15.7. The summed E-state index contributed by atoms with van der Waals surface area (Å²) in [5, 5.41) is 15.2. The van der Waals surface area contributed by atoms with Crippen LogP contribution >= 0.6 is 0 Å². The lowest BCUT2D eigenvalue weighted by molar-refractivity contribution is 1.30. The highest BCUT2D eigenvalue weighted by Gasteiger charge is 2.30. The molecule has 17 aromatic rings. The first-order valence-electron chi connectivity index (χ1n) is 24.5. The Morgan fingerprint density at radius 2 is 0.549 bits per heavy atom. The number of hydrogen-bond acceptors (Lipinski definition) is 2. The minimum absolute atomic E-state index is 1.13. The van der Waals surface area contributed by atoms with Crippen molar-refractivity contribution < 1.29 is 0 Å². The van der Waals surface area contributed by atoms with Crippen molar-refractivity contribution in [3.05, 3.63) is 237 Å². The molecule has 0 spiro atoms. The Morgan fingerprint density at radius 1 is 0.211 bits per heavy atom. The summed E-state index contributed by atoms with van der Waals surface area (Å²) in [6.07, 6.45) is 0. The van der Waals surface area contributed by atoms with Gasteiger partial charge in [-0.1, -0.05) is 140 Å². The molecule has 11 aromatic carbocycles. The second kappa shape index (κ2) is 13.6. The molecular formula is C66H39N5. The van der Waals surface area contributed by atoms with Crippen molar-refractivity contribution in [1.82, 2.24) is 13.2 Å². The Kier molecular flexibility index (Phi) is 7.15. The van der Waals surface area contributed by atoms with Gasteiger partial charge in [-0.25, -0.2) is 0 Å². The van der Waals surface area contributed by atoms with Crippen molar-refractivity contribution in [2.45, 2.75) is 0 Å². The van der Waals surface area contributed by atoms with Gasteiger partial charge in [-0.3, -0.25) is 0 Å². The van der Waals surface area contributed by atoms with Crippen LogP contribution in [0.1, 0.15) is 0 Å². The fraction of sp³-hybridized carbons (Fsp3) is 0. The average molecular weight is 902 g/mol. The Hall–Kier alpha value is -9.58. The van der Waals surface area contributed by atoms with Gasteiger partial charge in [-0.2, -0.15) is 0 Å².